The number of carbonyl (C=O) groups excluding carboxylic acids is 2. The second-order valence-electron chi connectivity index (χ2n) is 7.73. The Morgan fingerprint density at radius 1 is 1.18 bits per heavy atom. The summed E-state index contributed by atoms with van der Waals surface area (Å²) in [6.07, 6.45) is 0.296. The number of thioether (sulfide) groups is 1. The predicted molar refractivity (Wildman–Crippen MR) is 137 cm³/mol. The molecule has 10 heteroatoms. The van der Waals surface area contributed by atoms with Gasteiger partial charge in [0.1, 0.15) is 5.75 Å². The van der Waals surface area contributed by atoms with Crippen LogP contribution in [0.3, 0.4) is 0 Å². The summed E-state index contributed by atoms with van der Waals surface area (Å²) in [5.74, 6) is 1.04. The van der Waals surface area contributed by atoms with Gasteiger partial charge in [0, 0.05) is 17.2 Å². The second kappa shape index (κ2) is 12.0. The van der Waals surface area contributed by atoms with Crippen LogP contribution in [0.1, 0.15) is 30.8 Å². The second-order valence-corrected chi connectivity index (χ2v) is 9.59. The molecule has 2 amide bonds. The molecule has 1 heterocycles. The third-order valence-electron chi connectivity index (χ3n) is 5.15. The number of aryl methyl sites for hydroxylation is 2. The van der Waals surface area contributed by atoms with Gasteiger partial charge in [-0.15, -0.1) is 10.2 Å². The minimum Gasteiger partial charge on any atom is -0.481 e. The molecule has 0 aliphatic rings. The number of ether oxygens (including phenoxy) is 1. The monoisotopic (exact) mass is 545 g/mol. The topological polar surface area (TPSA) is 98.1 Å². The molecule has 0 saturated heterocycles. The number of nitrogens with one attached hydrogen (secondary N) is 2. The standard InChI is InChI=1S/C24H28BrN5O3S/c1-5-17-6-9-19(10-7-17)33-16(3)23(32)26-13-21-28-29-24(30(21)4)34-14-22(31)27-20-11-8-18(25)12-15(20)2/h6-12,16H,5,13-14H2,1-4H3,(H,26,32)(H,27,31)/t16-/m1/s1. The lowest BCUT2D eigenvalue weighted by Crippen LogP contribution is -2.36. The van der Waals surface area contributed by atoms with E-state index in [1.165, 1.54) is 17.3 Å². The fourth-order valence-corrected chi connectivity index (χ4v) is 4.29. The highest BCUT2D eigenvalue weighted by atomic mass is 79.9. The Morgan fingerprint density at radius 2 is 1.91 bits per heavy atom. The van der Waals surface area contributed by atoms with Gasteiger partial charge in [-0.1, -0.05) is 46.7 Å². The Bertz CT molecular complexity index is 1150. The zero-order valence-corrected chi connectivity index (χ0v) is 22.0. The average molecular weight is 546 g/mol. The van der Waals surface area contributed by atoms with Crippen molar-refractivity contribution in [2.24, 2.45) is 7.05 Å². The number of benzene rings is 2. The third kappa shape index (κ3) is 7.07. The van der Waals surface area contributed by atoms with Crippen molar-refractivity contribution in [3.63, 3.8) is 0 Å². The molecule has 2 aromatic carbocycles. The molecule has 3 aromatic rings. The van der Waals surface area contributed by atoms with Crippen molar-refractivity contribution in [3.8, 4) is 5.75 Å². The molecular weight excluding hydrogens is 518 g/mol. The smallest absolute Gasteiger partial charge is 0.261 e. The molecule has 0 saturated carbocycles. The first kappa shape index (κ1) is 25.8. The van der Waals surface area contributed by atoms with E-state index < -0.39 is 6.10 Å². The number of anilines is 1. The van der Waals surface area contributed by atoms with Crippen molar-refractivity contribution in [2.45, 2.75) is 45.0 Å². The maximum Gasteiger partial charge on any atom is 0.261 e. The van der Waals surface area contributed by atoms with Gasteiger partial charge in [-0.2, -0.15) is 0 Å². The van der Waals surface area contributed by atoms with Gasteiger partial charge in [-0.05, 0) is 61.7 Å². The van der Waals surface area contributed by atoms with E-state index in [1.807, 2.05) is 49.4 Å². The summed E-state index contributed by atoms with van der Waals surface area (Å²) >= 11 is 4.70. The summed E-state index contributed by atoms with van der Waals surface area (Å²) in [5.41, 5.74) is 2.95. The van der Waals surface area contributed by atoms with Crippen molar-refractivity contribution < 1.29 is 14.3 Å². The number of rotatable bonds is 10. The molecule has 0 spiro atoms. The number of halogens is 1. The van der Waals surface area contributed by atoms with E-state index in [4.69, 9.17) is 4.74 Å². The van der Waals surface area contributed by atoms with Crippen molar-refractivity contribution in [2.75, 3.05) is 11.1 Å². The molecule has 8 nitrogen and oxygen atoms in total. The zero-order chi connectivity index (χ0) is 24.7. The first-order valence-corrected chi connectivity index (χ1v) is 12.6. The van der Waals surface area contributed by atoms with Crippen LogP contribution >= 0.6 is 27.7 Å². The summed E-state index contributed by atoms with van der Waals surface area (Å²) in [6.45, 7) is 5.93. The van der Waals surface area contributed by atoms with Gasteiger partial charge in [-0.3, -0.25) is 9.59 Å². The third-order valence-corrected chi connectivity index (χ3v) is 6.67. The van der Waals surface area contributed by atoms with Gasteiger partial charge in [0.15, 0.2) is 17.1 Å². The lowest BCUT2D eigenvalue weighted by atomic mass is 10.2. The van der Waals surface area contributed by atoms with Crippen LogP contribution in [0.25, 0.3) is 0 Å². The van der Waals surface area contributed by atoms with Crippen LogP contribution in [0.5, 0.6) is 5.75 Å². The van der Waals surface area contributed by atoms with E-state index in [1.54, 1.807) is 18.5 Å². The summed E-state index contributed by atoms with van der Waals surface area (Å²) < 4.78 is 8.44. The maximum atomic E-state index is 12.4. The largest absolute Gasteiger partial charge is 0.481 e. The van der Waals surface area contributed by atoms with Crippen LogP contribution in [0.2, 0.25) is 0 Å². The van der Waals surface area contributed by atoms with Crippen LogP contribution in [-0.4, -0.2) is 38.4 Å². The highest BCUT2D eigenvalue weighted by molar-refractivity contribution is 9.10. The highest BCUT2D eigenvalue weighted by Crippen LogP contribution is 2.21. The van der Waals surface area contributed by atoms with Gasteiger partial charge < -0.3 is 19.9 Å². The minimum absolute atomic E-state index is 0.133. The van der Waals surface area contributed by atoms with Crippen molar-refractivity contribution in [3.05, 3.63) is 63.9 Å². The molecule has 3 rings (SSSR count). The molecule has 0 radical (unpaired) electrons. The number of carbonyl (C=O) groups is 2. The molecule has 34 heavy (non-hydrogen) atoms. The average Bonchev–Trinajstić information content (AvgIpc) is 3.17. The first-order chi connectivity index (χ1) is 16.3. The normalized spacial score (nSPS) is 11.7. The number of hydrogen-bond donors (Lipinski definition) is 2. The van der Waals surface area contributed by atoms with Gasteiger partial charge in [0.2, 0.25) is 5.91 Å². The Balaban J connectivity index is 1.47. The lowest BCUT2D eigenvalue weighted by Gasteiger charge is -2.15. The van der Waals surface area contributed by atoms with Crippen molar-refractivity contribution >= 4 is 45.2 Å². The number of aromatic nitrogens is 3. The minimum atomic E-state index is -0.652. The zero-order valence-electron chi connectivity index (χ0n) is 19.6. The van der Waals surface area contributed by atoms with Crippen molar-refractivity contribution in [1.29, 1.82) is 0 Å². The SMILES string of the molecule is CCc1ccc(O[C@H](C)C(=O)NCc2nnc(SCC(=O)Nc3ccc(Br)cc3C)n2C)cc1. The van der Waals surface area contributed by atoms with Crippen LogP contribution in [0.15, 0.2) is 52.1 Å². The highest BCUT2D eigenvalue weighted by Gasteiger charge is 2.17. The van der Waals surface area contributed by atoms with E-state index in [2.05, 4.69) is 43.7 Å². The molecule has 0 aliphatic carbocycles. The molecule has 0 unspecified atom stereocenters. The van der Waals surface area contributed by atoms with E-state index in [9.17, 15) is 9.59 Å². The molecule has 0 fully saturated rings. The Hall–Kier alpha value is -2.85. The summed E-state index contributed by atoms with van der Waals surface area (Å²) in [6, 6.07) is 13.4. The Kier molecular flexibility index (Phi) is 9.12. The van der Waals surface area contributed by atoms with E-state index in [-0.39, 0.29) is 24.1 Å². The first-order valence-electron chi connectivity index (χ1n) is 10.9. The summed E-state index contributed by atoms with van der Waals surface area (Å²) in [7, 11) is 1.80. The number of nitrogens with zero attached hydrogens (tertiary/aromatic N) is 3. The van der Waals surface area contributed by atoms with E-state index >= 15 is 0 Å². The van der Waals surface area contributed by atoms with Crippen LogP contribution < -0.4 is 15.4 Å². The van der Waals surface area contributed by atoms with Gasteiger partial charge in [0.25, 0.3) is 5.91 Å². The molecule has 0 bridgehead atoms. The lowest BCUT2D eigenvalue weighted by molar-refractivity contribution is -0.127. The quantitative estimate of drug-likeness (QED) is 0.369. The summed E-state index contributed by atoms with van der Waals surface area (Å²) in [4.78, 5) is 24.8. The fourth-order valence-electron chi connectivity index (χ4n) is 3.08. The fraction of sp³-hybridized carbons (Fsp3) is 0.333. The summed E-state index contributed by atoms with van der Waals surface area (Å²) in [5, 5.41) is 14.6. The molecular formula is C24H28BrN5O3S. The Labute approximate surface area is 212 Å². The van der Waals surface area contributed by atoms with E-state index in [0.717, 1.165) is 22.1 Å². The van der Waals surface area contributed by atoms with Crippen LogP contribution in [0, 0.1) is 6.92 Å². The molecule has 1 atom stereocenters. The number of amides is 2. The van der Waals surface area contributed by atoms with Gasteiger partial charge in [-0.25, -0.2) is 0 Å². The molecule has 0 aliphatic heterocycles. The van der Waals surface area contributed by atoms with Gasteiger partial charge in [0.05, 0.1) is 12.3 Å². The Morgan fingerprint density at radius 3 is 2.59 bits per heavy atom. The molecule has 2 N–H and O–H groups in total. The number of hydrogen-bond acceptors (Lipinski definition) is 6. The molecule has 180 valence electrons. The maximum absolute atomic E-state index is 12.4. The van der Waals surface area contributed by atoms with Crippen LogP contribution in [-0.2, 0) is 29.6 Å². The van der Waals surface area contributed by atoms with E-state index in [0.29, 0.717) is 16.7 Å². The predicted octanol–water partition coefficient (Wildman–Crippen LogP) is 4.26. The molecule has 1 aromatic heterocycles. The van der Waals surface area contributed by atoms with Gasteiger partial charge >= 0.3 is 0 Å². The van der Waals surface area contributed by atoms with Crippen molar-refractivity contribution in [1.82, 2.24) is 20.1 Å². The van der Waals surface area contributed by atoms with Crippen LogP contribution in [0.4, 0.5) is 5.69 Å².